The van der Waals surface area contributed by atoms with Crippen LogP contribution in [0.2, 0.25) is 0 Å². The highest BCUT2D eigenvalue weighted by molar-refractivity contribution is 7.17. The van der Waals surface area contributed by atoms with Gasteiger partial charge in [0.1, 0.15) is 10.7 Å². The number of benzene rings is 1. The average Bonchev–Trinajstić information content (AvgIpc) is 3.38. The lowest BCUT2D eigenvalue weighted by atomic mass is 9.84. The van der Waals surface area contributed by atoms with Gasteiger partial charge in [0.25, 0.3) is 0 Å². The van der Waals surface area contributed by atoms with Crippen molar-refractivity contribution in [1.29, 1.82) is 0 Å². The number of thiazole rings is 1. The number of anilines is 2. The van der Waals surface area contributed by atoms with Crippen LogP contribution in [0.4, 0.5) is 24.1 Å². The largest absolute Gasteiger partial charge is 0.435 e. The normalized spacial score (nSPS) is 18.2. The zero-order chi connectivity index (χ0) is 26.0. The van der Waals surface area contributed by atoms with Gasteiger partial charge in [-0.15, -0.1) is 0 Å². The highest BCUT2D eigenvalue weighted by Crippen LogP contribution is 2.39. The van der Waals surface area contributed by atoms with Crippen LogP contribution in [0.3, 0.4) is 0 Å². The standard InChI is InChI=1S/C27H29F3N4O2S/c28-27(29,30)24-23(37-25(32-24)34-13-5-2-6-14-34)21(35)17-19-9-10-22(31-18-19)33-15-11-26(36,12-16-33)20-7-3-1-4-8-20/h1,3-4,7-10,18,36H,2,5-6,11-17H2. The quantitative estimate of drug-likeness (QED) is 0.427. The average molecular weight is 531 g/mol. The van der Waals surface area contributed by atoms with Gasteiger partial charge >= 0.3 is 6.18 Å². The van der Waals surface area contributed by atoms with E-state index >= 15 is 0 Å². The van der Waals surface area contributed by atoms with Gasteiger partial charge in [0.2, 0.25) is 0 Å². The Morgan fingerprint density at radius 2 is 1.68 bits per heavy atom. The summed E-state index contributed by atoms with van der Waals surface area (Å²) in [7, 11) is 0. The molecule has 2 aliphatic heterocycles. The summed E-state index contributed by atoms with van der Waals surface area (Å²) < 4.78 is 41.1. The van der Waals surface area contributed by atoms with E-state index in [1.54, 1.807) is 18.3 Å². The van der Waals surface area contributed by atoms with Gasteiger partial charge in [-0.1, -0.05) is 47.7 Å². The minimum Gasteiger partial charge on any atom is -0.385 e. The van der Waals surface area contributed by atoms with E-state index in [-0.39, 0.29) is 16.4 Å². The Bertz CT molecular complexity index is 1220. The second kappa shape index (κ2) is 10.4. The van der Waals surface area contributed by atoms with E-state index in [9.17, 15) is 23.1 Å². The van der Waals surface area contributed by atoms with Gasteiger partial charge in [-0.3, -0.25) is 4.79 Å². The molecule has 196 valence electrons. The first-order valence-electron chi connectivity index (χ1n) is 12.6. The van der Waals surface area contributed by atoms with Crippen LogP contribution in [0.25, 0.3) is 0 Å². The van der Waals surface area contributed by atoms with Crippen molar-refractivity contribution in [1.82, 2.24) is 9.97 Å². The highest BCUT2D eigenvalue weighted by Gasteiger charge is 2.40. The third-order valence-corrected chi connectivity index (χ3v) is 8.32. The molecule has 0 spiro atoms. The number of aromatic nitrogens is 2. The second-order valence-electron chi connectivity index (χ2n) is 9.73. The van der Waals surface area contributed by atoms with E-state index in [0.717, 1.165) is 36.2 Å². The third-order valence-electron chi connectivity index (χ3n) is 7.16. The monoisotopic (exact) mass is 530 g/mol. The van der Waals surface area contributed by atoms with Crippen molar-refractivity contribution >= 4 is 28.1 Å². The van der Waals surface area contributed by atoms with Crippen molar-refractivity contribution in [2.45, 2.75) is 50.3 Å². The number of aliphatic hydroxyl groups is 1. The predicted octanol–water partition coefficient (Wildman–Crippen LogP) is 5.46. The number of rotatable bonds is 6. The number of nitrogens with zero attached hydrogens (tertiary/aromatic N) is 4. The third kappa shape index (κ3) is 5.65. The molecule has 6 nitrogen and oxygen atoms in total. The lowest BCUT2D eigenvalue weighted by molar-refractivity contribution is -0.141. The number of Topliss-reactive ketones (excluding diaryl/α,β-unsaturated/α-hetero) is 1. The van der Waals surface area contributed by atoms with Gasteiger partial charge in [0.15, 0.2) is 16.6 Å². The van der Waals surface area contributed by atoms with Crippen LogP contribution < -0.4 is 9.80 Å². The first-order chi connectivity index (χ1) is 17.7. The molecular formula is C27H29F3N4O2S. The summed E-state index contributed by atoms with van der Waals surface area (Å²) >= 11 is 0.837. The van der Waals surface area contributed by atoms with Gasteiger partial charge in [-0.2, -0.15) is 13.2 Å². The molecule has 2 saturated heterocycles. The van der Waals surface area contributed by atoms with E-state index in [1.165, 1.54) is 0 Å². The number of carbonyl (C=O) groups is 1. The number of hydrogen-bond donors (Lipinski definition) is 1. The van der Waals surface area contributed by atoms with E-state index < -0.39 is 23.3 Å². The number of halogens is 3. The Hall–Kier alpha value is -2.98. The van der Waals surface area contributed by atoms with Crippen LogP contribution in [0.5, 0.6) is 0 Å². The predicted molar refractivity (Wildman–Crippen MR) is 137 cm³/mol. The molecule has 5 rings (SSSR count). The van der Waals surface area contributed by atoms with E-state index in [1.807, 2.05) is 35.2 Å². The molecule has 2 aliphatic rings. The summed E-state index contributed by atoms with van der Waals surface area (Å²) in [5.74, 6) is 0.112. The zero-order valence-electron chi connectivity index (χ0n) is 20.4. The van der Waals surface area contributed by atoms with Crippen LogP contribution in [-0.2, 0) is 18.2 Å². The summed E-state index contributed by atoms with van der Waals surface area (Å²) in [6.45, 7) is 2.55. The van der Waals surface area contributed by atoms with Gasteiger partial charge in [-0.05, 0) is 49.3 Å². The molecule has 10 heteroatoms. The topological polar surface area (TPSA) is 69.6 Å². The molecule has 1 N–H and O–H groups in total. The molecule has 3 aromatic rings. The van der Waals surface area contributed by atoms with Gasteiger partial charge in [0, 0.05) is 38.8 Å². The maximum atomic E-state index is 13.7. The van der Waals surface area contributed by atoms with Crippen molar-refractivity contribution in [3.05, 3.63) is 70.4 Å². The lowest BCUT2D eigenvalue weighted by Crippen LogP contribution is -2.42. The molecule has 0 aliphatic carbocycles. The maximum Gasteiger partial charge on any atom is 0.435 e. The molecule has 0 amide bonds. The summed E-state index contributed by atoms with van der Waals surface area (Å²) in [5.41, 5.74) is -0.511. The van der Waals surface area contributed by atoms with Gasteiger partial charge in [0.05, 0.1) is 5.60 Å². The molecule has 4 heterocycles. The van der Waals surface area contributed by atoms with Crippen molar-refractivity contribution in [3.8, 4) is 0 Å². The highest BCUT2D eigenvalue weighted by atomic mass is 32.1. The fraction of sp³-hybridized carbons (Fsp3) is 0.444. The van der Waals surface area contributed by atoms with Crippen LogP contribution in [-0.4, -0.2) is 47.0 Å². The summed E-state index contributed by atoms with van der Waals surface area (Å²) in [5, 5.41) is 11.3. The molecule has 1 aromatic carbocycles. The smallest absolute Gasteiger partial charge is 0.385 e. The number of piperidine rings is 2. The molecule has 37 heavy (non-hydrogen) atoms. The van der Waals surface area contributed by atoms with Crippen molar-refractivity contribution in [2.24, 2.45) is 0 Å². The molecule has 0 atom stereocenters. The number of alkyl halides is 3. The second-order valence-corrected chi connectivity index (χ2v) is 10.7. The Labute approximate surface area is 217 Å². The van der Waals surface area contributed by atoms with Gasteiger partial charge < -0.3 is 14.9 Å². The number of carbonyl (C=O) groups excluding carboxylic acids is 1. The first kappa shape index (κ1) is 25.7. The number of hydrogen-bond acceptors (Lipinski definition) is 7. The van der Waals surface area contributed by atoms with Crippen LogP contribution in [0, 0.1) is 0 Å². The van der Waals surface area contributed by atoms with E-state index in [4.69, 9.17) is 0 Å². The van der Waals surface area contributed by atoms with Crippen LogP contribution >= 0.6 is 11.3 Å². The molecule has 0 radical (unpaired) electrons. The molecule has 2 fully saturated rings. The Morgan fingerprint density at radius 1 is 0.973 bits per heavy atom. The Kier molecular flexibility index (Phi) is 7.22. The van der Waals surface area contributed by atoms with Crippen molar-refractivity contribution < 1.29 is 23.1 Å². The number of ketones is 1. The first-order valence-corrected chi connectivity index (χ1v) is 13.4. The fourth-order valence-electron chi connectivity index (χ4n) is 5.03. The molecule has 2 aromatic heterocycles. The van der Waals surface area contributed by atoms with E-state index in [0.29, 0.717) is 50.4 Å². The molecule has 0 bridgehead atoms. The Morgan fingerprint density at radius 3 is 2.30 bits per heavy atom. The summed E-state index contributed by atoms with van der Waals surface area (Å²) in [6, 6.07) is 13.1. The zero-order valence-corrected chi connectivity index (χ0v) is 21.2. The van der Waals surface area contributed by atoms with Crippen molar-refractivity contribution in [2.75, 3.05) is 36.0 Å². The molecular weight excluding hydrogens is 501 g/mol. The minimum atomic E-state index is -4.69. The summed E-state index contributed by atoms with van der Waals surface area (Å²) in [6.07, 6.45) is 0.669. The fourth-order valence-corrected chi connectivity index (χ4v) is 6.10. The van der Waals surface area contributed by atoms with Crippen LogP contribution in [0.1, 0.15) is 58.6 Å². The number of pyridine rings is 1. The summed E-state index contributed by atoms with van der Waals surface area (Å²) in [4.78, 5) is 24.8. The SMILES string of the molecule is O=C(Cc1ccc(N2CCC(O)(c3ccccc3)CC2)nc1)c1sc(N2CCCCC2)nc1C(F)(F)F. The maximum absolute atomic E-state index is 13.7. The van der Waals surface area contributed by atoms with Crippen LogP contribution in [0.15, 0.2) is 48.7 Å². The van der Waals surface area contributed by atoms with Gasteiger partial charge in [-0.25, -0.2) is 9.97 Å². The minimum absolute atomic E-state index is 0.175. The molecule has 0 unspecified atom stereocenters. The van der Waals surface area contributed by atoms with E-state index in [2.05, 4.69) is 14.9 Å². The lowest BCUT2D eigenvalue weighted by Gasteiger charge is -2.39. The molecule has 0 saturated carbocycles. The van der Waals surface area contributed by atoms with Crippen molar-refractivity contribution in [3.63, 3.8) is 0 Å². The Balaban J connectivity index is 1.25.